The third-order valence-corrected chi connectivity index (χ3v) is 2.36. The van der Waals surface area contributed by atoms with Gasteiger partial charge in [-0.15, -0.1) is 0 Å². The molecule has 5 heteroatoms. The summed E-state index contributed by atoms with van der Waals surface area (Å²) >= 11 is 0. The third-order valence-electron chi connectivity index (χ3n) is 2.36. The number of carbonyl (C=O) groups is 1. The van der Waals surface area contributed by atoms with Crippen LogP contribution in [0.3, 0.4) is 0 Å². The van der Waals surface area contributed by atoms with Gasteiger partial charge in [0.15, 0.2) is 0 Å². The van der Waals surface area contributed by atoms with Crippen molar-refractivity contribution in [2.24, 2.45) is 7.05 Å². The van der Waals surface area contributed by atoms with E-state index in [4.69, 9.17) is 5.11 Å². The van der Waals surface area contributed by atoms with Gasteiger partial charge in [-0.2, -0.15) is 0 Å². The Morgan fingerprint density at radius 3 is 2.88 bits per heavy atom. The van der Waals surface area contributed by atoms with E-state index < -0.39 is 0 Å². The minimum atomic E-state index is -0.304. The highest BCUT2D eigenvalue weighted by Crippen LogP contribution is 1.97. The van der Waals surface area contributed by atoms with E-state index in [0.717, 1.165) is 0 Å². The summed E-state index contributed by atoms with van der Waals surface area (Å²) in [6.07, 6.45) is 0.493. The number of rotatable bonds is 4. The molecule has 0 saturated heterocycles. The molecule has 1 aromatic rings. The predicted octanol–water partition coefficient (Wildman–Crippen LogP) is -0.114. The van der Waals surface area contributed by atoms with Crippen molar-refractivity contribution in [3.05, 3.63) is 34.2 Å². The molecule has 1 heterocycles. The summed E-state index contributed by atoms with van der Waals surface area (Å²) in [5.74, 6) is -0.304. The highest BCUT2D eigenvalue weighted by molar-refractivity contribution is 5.92. The molecule has 0 aliphatic heterocycles. The summed E-state index contributed by atoms with van der Waals surface area (Å²) in [7, 11) is 1.55. The van der Waals surface area contributed by atoms with Crippen molar-refractivity contribution in [1.82, 2.24) is 9.88 Å². The summed E-state index contributed by atoms with van der Waals surface area (Å²) < 4.78 is 1.29. The van der Waals surface area contributed by atoms with Gasteiger partial charge in [0.05, 0.1) is 0 Å². The van der Waals surface area contributed by atoms with Crippen molar-refractivity contribution in [2.45, 2.75) is 19.4 Å². The maximum atomic E-state index is 11.8. The number of nitrogens with one attached hydrogen (secondary N) is 1. The Morgan fingerprint density at radius 2 is 2.25 bits per heavy atom. The number of aliphatic hydroxyl groups excluding tert-OH is 1. The lowest BCUT2D eigenvalue weighted by atomic mass is 10.2. The van der Waals surface area contributed by atoms with Crippen LogP contribution in [0.5, 0.6) is 0 Å². The molecule has 0 radical (unpaired) electrons. The zero-order valence-corrected chi connectivity index (χ0v) is 9.43. The van der Waals surface area contributed by atoms with E-state index in [2.05, 4.69) is 5.32 Å². The Morgan fingerprint density at radius 1 is 1.56 bits per heavy atom. The number of hydrogen-bond donors (Lipinski definition) is 2. The van der Waals surface area contributed by atoms with Crippen molar-refractivity contribution in [3.63, 3.8) is 0 Å². The minimum Gasteiger partial charge on any atom is -0.396 e. The average molecular weight is 224 g/mol. The minimum absolute atomic E-state index is 0.0230. The number of pyridine rings is 1. The van der Waals surface area contributed by atoms with Crippen molar-refractivity contribution in [2.75, 3.05) is 6.61 Å². The molecule has 0 bridgehead atoms. The molecule has 1 unspecified atom stereocenters. The van der Waals surface area contributed by atoms with Crippen LogP contribution in [0.2, 0.25) is 0 Å². The fraction of sp³-hybridized carbons (Fsp3) is 0.455. The second kappa shape index (κ2) is 5.46. The largest absolute Gasteiger partial charge is 0.396 e. The number of nitrogens with zero attached hydrogens (tertiary/aromatic N) is 1. The SMILES string of the molecule is CC(CCO)NC(=O)c1cccc(=O)n1C. The van der Waals surface area contributed by atoms with Crippen molar-refractivity contribution in [3.8, 4) is 0 Å². The zero-order valence-electron chi connectivity index (χ0n) is 9.43. The van der Waals surface area contributed by atoms with Gasteiger partial charge in [-0.3, -0.25) is 9.59 Å². The van der Waals surface area contributed by atoms with Gasteiger partial charge in [-0.05, 0) is 19.4 Å². The van der Waals surface area contributed by atoms with Gasteiger partial charge in [-0.1, -0.05) is 6.07 Å². The van der Waals surface area contributed by atoms with E-state index in [1.165, 1.54) is 10.6 Å². The standard InChI is InChI=1S/C11H16N2O3/c1-8(6-7-14)12-11(16)9-4-3-5-10(15)13(9)2/h3-5,8,14H,6-7H2,1-2H3,(H,12,16). The fourth-order valence-electron chi connectivity index (χ4n) is 1.36. The maximum Gasteiger partial charge on any atom is 0.268 e. The molecule has 0 aliphatic rings. The lowest BCUT2D eigenvalue weighted by Gasteiger charge is -2.13. The molecule has 16 heavy (non-hydrogen) atoms. The second-order valence-electron chi connectivity index (χ2n) is 3.70. The van der Waals surface area contributed by atoms with Crippen LogP contribution in [0.25, 0.3) is 0 Å². The van der Waals surface area contributed by atoms with E-state index in [0.29, 0.717) is 12.1 Å². The normalized spacial score (nSPS) is 12.2. The first-order valence-corrected chi connectivity index (χ1v) is 5.14. The summed E-state index contributed by atoms with van der Waals surface area (Å²) in [5.41, 5.74) is 0.0970. The molecule has 0 saturated carbocycles. The molecule has 0 aromatic carbocycles. The van der Waals surface area contributed by atoms with Crippen LogP contribution in [0.4, 0.5) is 0 Å². The molecule has 2 N–H and O–H groups in total. The summed E-state index contributed by atoms with van der Waals surface area (Å²) in [6.45, 7) is 1.82. The van der Waals surface area contributed by atoms with Crippen molar-refractivity contribution in [1.29, 1.82) is 0 Å². The molecule has 5 nitrogen and oxygen atoms in total. The summed E-state index contributed by atoms with van der Waals surface area (Å²) in [6, 6.07) is 4.41. The average Bonchev–Trinajstić information content (AvgIpc) is 2.22. The number of carbonyl (C=O) groups excluding carboxylic acids is 1. The first-order valence-electron chi connectivity index (χ1n) is 5.14. The van der Waals surface area contributed by atoms with Gasteiger partial charge in [0, 0.05) is 25.8 Å². The van der Waals surface area contributed by atoms with Gasteiger partial charge >= 0.3 is 0 Å². The zero-order chi connectivity index (χ0) is 12.1. The van der Waals surface area contributed by atoms with E-state index in [-0.39, 0.29) is 24.1 Å². The molecule has 1 aromatic heterocycles. The molecule has 1 rings (SSSR count). The lowest BCUT2D eigenvalue weighted by Crippen LogP contribution is -2.36. The Kier molecular flexibility index (Phi) is 4.25. The van der Waals surface area contributed by atoms with Crippen LogP contribution in [0, 0.1) is 0 Å². The smallest absolute Gasteiger partial charge is 0.268 e. The van der Waals surface area contributed by atoms with Crippen LogP contribution < -0.4 is 10.9 Å². The molecule has 1 atom stereocenters. The molecule has 1 amide bonds. The maximum absolute atomic E-state index is 11.8. The topological polar surface area (TPSA) is 71.3 Å². The Bertz CT molecular complexity index is 425. The van der Waals surface area contributed by atoms with Gasteiger partial charge in [-0.25, -0.2) is 0 Å². The quantitative estimate of drug-likeness (QED) is 0.749. The molecular formula is C11H16N2O3. The summed E-state index contributed by atoms with van der Waals surface area (Å²) in [4.78, 5) is 23.0. The van der Waals surface area contributed by atoms with Crippen LogP contribution in [-0.4, -0.2) is 28.2 Å². The Labute approximate surface area is 93.7 Å². The van der Waals surface area contributed by atoms with Crippen molar-refractivity contribution >= 4 is 5.91 Å². The number of aliphatic hydroxyl groups is 1. The van der Waals surface area contributed by atoms with Crippen molar-refractivity contribution < 1.29 is 9.90 Å². The van der Waals surface area contributed by atoms with Gasteiger partial charge < -0.3 is 15.0 Å². The summed E-state index contributed by atoms with van der Waals surface area (Å²) in [5, 5.41) is 11.4. The number of aromatic nitrogens is 1. The fourth-order valence-corrected chi connectivity index (χ4v) is 1.36. The first-order chi connectivity index (χ1) is 7.56. The monoisotopic (exact) mass is 224 g/mol. The lowest BCUT2D eigenvalue weighted by molar-refractivity contribution is 0.0925. The second-order valence-corrected chi connectivity index (χ2v) is 3.70. The molecule has 0 fully saturated rings. The van der Waals surface area contributed by atoms with E-state index in [9.17, 15) is 9.59 Å². The highest BCUT2D eigenvalue weighted by Gasteiger charge is 2.11. The van der Waals surface area contributed by atoms with E-state index in [1.54, 1.807) is 26.1 Å². The molecular weight excluding hydrogens is 208 g/mol. The predicted molar refractivity (Wildman–Crippen MR) is 60.3 cm³/mol. The number of hydrogen-bond acceptors (Lipinski definition) is 3. The highest BCUT2D eigenvalue weighted by atomic mass is 16.3. The van der Waals surface area contributed by atoms with Gasteiger partial charge in [0.25, 0.3) is 11.5 Å². The molecule has 0 aliphatic carbocycles. The number of amides is 1. The Balaban J connectivity index is 2.81. The van der Waals surface area contributed by atoms with Crippen LogP contribution >= 0.6 is 0 Å². The third kappa shape index (κ3) is 2.93. The molecule has 0 spiro atoms. The van der Waals surface area contributed by atoms with Gasteiger partial charge in [0.2, 0.25) is 0 Å². The van der Waals surface area contributed by atoms with E-state index in [1.807, 2.05) is 0 Å². The van der Waals surface area contributed by atoms with Crippen LogP contribution in [-0.2, 0) is 7.05 Å². The first kappa shape index (κ1) is 12.4. The van der Waals surface area contributed by atoms with Crippen LogP contribution in [0.15, 0.2) is 23.0 Å². The van der Waals surface area contributed by atoms with Gasteiger partial charge in [0.1, 0.15) is 5.69 Å². The molecule has 88 valence electrons. The van der Waals surface area contributed by atoms with E-state index >= 15 is 0 Å². The Hall–Kier alpha value is -1.62. The van der Waals surface area contributed by atoms with Crippen LogP contribution in [0.1, 0.15) is 23.8 Å².